The van der Waals surface area contributed by atoms with Crippen molar-refractivity contribution < 1.29 is 14.3 Å². The molecule has 0 saturated carbocycles. The number of likely N-dealkylation sites (tertiary alicyclic amines) is 1. The third-order valence-electron chi connectivity index (χ3n) is 4.26. The number of hydrogen-bond acceptors (Lipinski definition) is 4. The highest BCUT2D eigenvalue weighted by atomic mass is 16.5. The van der Waals surface area contributed by atoms with E-state index < -0.39 is 0 Å². The molecular formula is C16H21N3O3. The molecule has 1 aromatic rings. The lowest BCUT2D eigenvalue weighted by Crippen LogP contribution is -2.50. The second-order valence-electron chi connectivity index (χ2n) is 5.76. The normalized spacial score (nSPS) is 20.6. The zero-order chi connectivity index (χ0) is 15.7. The summed E-state index contributed by atoms with van der Waals surface area (Å²) in [6.45, 7) is 3.50. The van der Waals surface area contributed by atoms with Crippen LogP contribution in [0, 0.1) is 0 Å². The van der Waals surface area contributed by atoms with Crippen molar-refractivity contribution in [3.63, 3.8) is 0 Å². The van der Waals surface area contributed by atoms with Gasteiger partial charge in [0.05, 0.1) is 18.5 Å². The Morgan fingerprint density at radius 1 is 1.36 bits per heavy atom. The van der Waals surface area contributed by atoms with E-state index in [0.717, 1.165) is 43.1 Å². The van der Waals surface area contributed by atoms with E-state index in [4.69, 9.17) is 4.74 Å². The lowest BCUT2D eigenvalue weighted by atomic mass is 10.1. The summed E-state index contributed by atoms with van der Waals surface area (Å²) >= 11 is 0. The minimum absolute atomic E-state index is 0.0155. The van der Waals surface area contributed by atoms with E-state index in [1.165, 1.54) is 0 Å². The molecule has 1 N–H and O–H groups in total. The summed E-state index contributed by atoms with van der Waals surface area (Å²) in [4.78, 5) is 28.3. The van der Waals surface area contributed by atoms with Crippen LogP contribution in [0.4, 0.5) is 11.4 Å². The van der Waals surface area contributed by atoms with Crippen LogP contribution in [0.15, 0.2) is 18.2 Å². The van der Waals surface area contributed by atoms with Gasteiger partial charge in [-0.3, -0.25) is 14.5 Å². The van der Waals surface area contributed by atoms with E-state index >= 15 is 0 Å². The quantitative estimate of drug-likeness (QED) is 0.918. The Labute approximate surface area is 130 Å². The molecule has 0 aromatic heterocycles. The maximum absolute atomic E-state index is 12.5. The molecule has 2 aliphatic heterocycles. The van der Waals surface area contributed by atoms with Gasteiger partial charge < -0.3 is 15.0 Å². The molecule has 0 aliphatic carbocycles. The maximum Gasteiger partial charge on any atom is 0.249 e. The van der Waals surface area contributed by atoms with Crippen LogP contribution >= 0.6 is 0 Å². The summed E-state index contributed by atoms with van der Waals surface area (Å²) in [7, 11) is 1.60. The van der Waals surface area contributed by atoms with E-state index in [1.54, 1.807) is 25.0 Å². The molecule has 1 fully saturated rings. The average molecular weight is 303 g/mol. The first kappa shape index (κ1) is 14.7. The van der Waals surface area contributed by atoms with E-state index in [2.05, 4.69) is 5.32 Å². The Kier molecular flexibility index (Phi) is 3.92. The number of anilines is 2. The van der Waals surface area contributed by atoms with Crippen molar-refractivity contribution in [2.24, 2.45) is 0 Å². The predicted molar refractivity (Wildman–Crippen MR) is 84.2 cm³/mol. The van der Waals surface area contributed by atoms with Gasteiger partial charge >= 0.3 is 0 Å². The van der Waals surface area contributed by atoms with Crippen LogP contribution in [-0.4, -0.2) is 49.5 Å². The van der Waals surface area contributed by atoms with Gasteiger partial charge in [-0.2, -0.15) is 0 Å². The number of ether oxygens (including phenoxy) is 1. The van der Waals surface area contributed by atoms with Crippen molar-refractivity contribution in [3.05, 3.63) is 18.2 Å². The zero-order valence-corrected chi connectivity index (χ0v) is 13.0. The van der Waals surface area contributed by atoms with Crippen LogP contribution in [0.1, 0.15) is 19.8 Å². The molecular weight excluding hydrogens is 282 g/mol. The fraction of sp³-hybridized carbons (Fsp3) is 0.500. The van der Waals surface area contributed by atoms with Gasteiger partial charge in [-0.25, -0.2) is 0 Å². The van der Waals surface area contributed by atoms with Crippen molar-refractivity contribution in [1.82, 2.24) is 4.90 Å². The number of carbonyl (C=O) groups is 2. The van der Waals surface area contributed by atoms with Gasteiger partial charge in [0.25, 0.3) is 0 Å². The molecule has 6 nitrogen and oxygen atoms in total. The second-order valence-corrected chi connectivity index (χ2v) is 5.76. The highest BCUT2D eigenvalue weighted by Crippen LogP contribution is 2.34. The summed E-state index contributed by atoms with van der Waals surface area (Å²) in [6.07, 6.45) is 2.09. The number of nitrogens with one attached hydrogen (secondary N) is 1. The molecule has 0 radical (unpaired) electrons. The first-order valence-corrected chi connectivity index (χ1v) is 7.64. The lowest BCUT2D eigenvalue weighted by molar-refractivity contribution is -0.130. The molecule has 1 saturated heterocycles. The van der Waals surface area contributed by atoms with E-state index in [1.807, 2.05) is 17.0 Å². The Morgan fingerprint density at radius 2 is 2.09 bits per heavy atom. The van der Waals surface area contributed by atoms with E-state index in [0.29, 0.717) is 0 Å². The molecule has 2 aliphatic rings. The van der Waals surface area contributed by atoms with Crippen LogP contribution in [0.2, 0.25) is 0 Å². The minimum Gasteiger partial charge on any atom is -0.497 e. The Hall–Kier alpha value is -2.24. The number of nitrogens with zero attached hydrogens (tertiary/aromatic N) is 2. The Morgan fingerprint density at radius 3 is 2.77 bits per heavy atom. The van der Waals surface area contributed by atoms with Crippen molar-refractivity contribution in [1.29, 1.82) is 0 Å². The summed E-state index contributed by atoms with van der Waals surface area (Å²) in [5.41, 5.74) is 1.55. The fourth-order valence-corrected chi connectivity index (χ4v) is 3.01. The van der Waals surface area contributed by atoms with E-state index in [9.17, 15) is 9.59 Å². The molecule has 1 atom stereocenters. The van der Waals surface area contributed by atoms with Gasteiger partial charge in [0.1, 0.15) is 18.3 Å². The fourth-order valence-electron chi connectivity index (χ4n) is 3.01. The molecule has 22 heavy (non-hydrogen) atoms. The van der Waals surface area contributed by atoms with Gasteiger partial charge in [-0.1, -0.05) is 0 Å². The molecule has 1 unspecified atom stereocenters. The number of carbonyl (C=O) groups excluding carboxylic acids is 2. The number of hydrogen-bond donors (Lipinski definition) is 1. The highest BCUT2D eigenvalue weighted by molar-refractivity contribution is 6.07. The van der Waals surface area contributed by atoms with Gasteiger partial charge in [-0.05, 0) is 31.9 Å². The molecule has 6 heteroatoms. The molecule has 3 rings (SSSR count). The molecule has 1 aromatic carbocycles. The monoisotopic (exact) mass is 303 g/mol. The number of fused-ring (bicyclic) bond motifs is 1. The summed E-state index contributed by atoms with van der Waals surface area (Å²) in [5.74, 6) is 0.658. The first-order chi connectivity index (χ1) is 10.6. The number of methoxy groups -OCH3 is 1. The topological polar surface area (TPSA) is 61.9 Å². The van der Waals surface area contributed by atoms with Gasteiger partial charge in [0, 0.05) is 19.2 Å². The van der Waals surface area contributed by atoms with Gasteiger partial charge in [-0.15, -0.1) is 0 Å². The van der Waals surface area contributed by atoms with Crippen LogP contribution in [0.25, 0.3) is 0 Å². The summed E-state index contributed by atoms with van der Waals surface area (Å²) in [6, 6.07) is 5.12. The Bertz CT molecular complexity index is 596. The largest absolute Gasteiger partial charge is 0.497 e. The van der Waals surface area contributed by atoms with Crippen LogP contribution in [0.3, 0.4) is 0 Å². The number of rotatable bonds is 3. The molecule has 0 spiro atoms. The minimum atomic E-state index is -0.356. The highest BCUT2D eigenvalue weighted by Gasteiger charge is 2.32. The van der Waals surface area contributed by atoms with Crippen molar-refractivity contribution in [2.75, 3.05) is 37.0 Å². The molecule has 2 heterocycles. The molecule has 0 bridgehead atoms. The molecule has 2 amide bonds. The van der Waals surface area contributed by atoms with Crippen molar-refractivity contribution >= 4 is 23.2 Å². The molecule has 118 valence electrons. The van der Waals surface area contributed by atoms with Crippen molar-refractivity contribution in [2.45, 2.75) is 25.8 Å². The van der Waals surface area contributed by atoms with E-state index in [-0.39, 0.29) is 24.4 Å². The van der Waals surface area contributed by atoms with Crippen molar-refractivity contribution in [3.8, 4) is 5.75 Å². The maximum atomic E-state index is 12.5. The van der Waals surface area contributed by atoms with Crippen LogP contribution in [-0.2, 0) is 9.59 Å². The average Bonchev–Trinajstić information content (AvgIpc) is 3.05. The predicted octanol–water partition coefficient (Wildman–Crippen LogP) is 1.46. The Balaban J connectivity index is 1.86. The second kappa shape index (κ2) is 5.87. The summed E-state index contributed by atoms with van der Waals surface area (Å²) < 4.78 is 5.22. The van der Waals surface area contributed by atoms with Gasteiger partial charge in [0.15, 0.2) is 0 Å². The lowest BCUT2D eigenvalue weighted by Gasteiger charge is -2.34. The first-order valence-electron chi connectivity index (χ1n) is 7.64. The zero-order valence-electron chi connectivity index (χ0n) is 13.0. The number of amides is 2. The van der Waals surface area contributed by atoms with Crippen LogP contribution < -0.4 is 15.0 Å². The number of benzene rings is 1. The smallest absolute Gasteiger partial charge is 0.249 e. The van der Waals surface area contributed by atoms with Gasteiger partial charge in [0.2, 0.25) is 11.8 Å². The third kappa shape index (κ3) is 2.61. The van der Waals surface area contributed by atoms with Crippen LogP contribution in [0.5, 0.6) is 5.75 Å². The summed E-state index contributed by atoms with van der Waals surface area (Å²) in [5, 5.41) is 3.16. The standard InChI is InChI=1S/C16H21N3O3/c1-11-16(21)19(10-15(20)18-7-3-4-8-18)14-6-5-12(22-2)9-13(14)17-11/h5-6,9,11,17H,3-4,7-8,10H2,1-2H3. The SMILES string of the molecule is COc1ccc2c(c1)NC(C)C(=O)N2CC(=O)N1CCCC1. The third-order valence-corrected chi connectivity index (χ3v) is 4.26.